The van der Waals surface area contributed by atoms with Gasteiger partial charge in [0.15, 0.2) is 9.84 Å². The Labute approximate surface area is 143 Å². The first-order valence-electron chi connectivity index (χ1n) is 8.07. The van der Waals surface area contributed by atoms with Gasteiger partial charge in [0, 0.05) is 5.69 Å². The Morgan fingerprint density at radius 1 is 0.958 bits per heavy atom. The zero-order chi connectivity index (χ0) is 17.7. The number of aryl methyl sites for hydroxylation is 3. The fraction of sp³-hybridized carbons (Fsp3) is 0.316. The molecule has 24 heavy (non-hydrogen) atoms. The lowest BCUT2D eigenvalue weighted by Crippen LogP contribution is -2.24. The maximum Gasteiger partial charge on any atom is 0.239 e. The highest BCUT2D eigenvalue weighted by molar-refractivity contribution is 7.92. The third-order valence-electron chi connectivity index (χ3n) is 3.96. The lowest BCUT2D eigenvalue weighted by molar-refractivity contribution is -0.113. The summed E-state index contributed by atoms with van der Waals surface area (Å²) in [6.07, 6.45) is 1.54. The van der Waals surface area contributed by atoms with Gasteiger partial charge in [0.05, 0.1) is 4.90 Å². The summed E-state index contributed by atoms with van der Waals surface area (Å²) in [6.45, 7) is 5.90. The molecule has 0 aliphatic carbocycles. The van der Waals surface area contributed by atoms with Crippen LogP contribution in [0.25, 0.3) is 0 Å². The Morgan fingerprint density at radius 3 is 2.00 bits per heavy atom. The van der Waals surface area contributed by atoms with Gasteiger partial charge in [-0.3, -0.25) is 4.79 Å². The van der Waals surface area contributed by atoms with E-state index in [0.29, 0.717) is 0 Å². The van der Waals surface area contributed by atoms with Crippen molar-refractivity contribution in [3.8, 4) is 0 Å². The van der Waals surface area contributed by atoms with E-state index in [0.717, 1.165) is 35.2 Å². The Morgan fingerprint density at radius 2 is 1.50 bits per heavy atom. The average molecular weight is 345 g/mol. The minimum atomic E-state index is -3.65. The molecule has 0 radical (unpaired) electrons. The number of carbonyl (C=O) groups is 1. The van der Waals surface area contributed by atoms with Crippen LogP contribution < -0.4 is 5.32 Å². The molecule has 0 saturated heterocycles. The highest BCUT2D eigenvalue weighted by Crippen LogP contribution is 2.23. The predicted octanol–water partition coefficient (Wildman–Crippen LogP) is 3.53. The number of carbonyl (C=O) groups excluding carboxylic acids is 1. The predicted molar refractivity (Wildman–Crippen MR) is 97.1 cm³/mol. The second-order valence-corrected chi connectivity index (χ2v) is 7.77. The van der Waals surface area contributed by atoms with E-state index in [2.05, 4.69) is 5.32 Å². The summed E-state index contributed by atoms with van der Waals surface area (Å²) >= 11 is 0. The molecule has 0 saturated carbocycles. The highest BCUT2D eigenvalue weighted by atomic mass is 32.2. The number of rotatable bonds is 6. The van der Waals surface area contributed by atoms with Crippen LogP contribution in [0, 0.1) is 6.92 Å². The Hall–Kier alpha value is -2.14. The minimum absolute atomic E-state index is 0.169. The van der Waals surface area contributed by atoms with Crippen molar-refractivity contribution in [1.29, 1.82) is 0 Å². The zero-order valence-electron chi connectivity index (χ0n) is 14.3. The Bertz CT molecular complexity index is 802. The van der Waals surface area contributed by atoms with Crippen molar-refractivity contribution in [3.05, 3.63) is 59.2 Å². The number of para-hydroxylation sites is 1. The monoisotopic (exact) mass is 345 g/mol. The SMILES string of the molecule is CCc1cccc(CC)c1NC(=O)CS(=O)(=O)c1ccc(C)cc1. The van der Waals surface area contributed by atoms with Gasteiger partial charge in [-0.25, -0.2) is 8.42 Å². The zero-order valence-corrected chi connectivity index (χ0v) is 15.1. The number of anilines is 1. The molecule has 0 spiro atoms. The minimum Gasteiger partial charge on any atom is -0.325 e. The van der Waals surface area contributed by atoms with Crippen LogP contribution in [0.15, 0.2) is 47.4 Å². The van der Waals surface area contributed by atoms with Gasteiger partial charge < -0.3 is 5.32 Å². The van der Waals surface area contributed by atoms with Crippen LogP contribution in [0.3, 0.4) is 0 Å². The average Bonchev–Trinajstić information content (AvgIpc) is 2.54. The molecule has 4 nitrogen and oxygen atoms in total. The largest absolute Gasteiger partial charge is 0.325 e. The number of sulfone groups is 1. The van der Waals surface area contributed by atoms with Crippen molar-refractivity contribution < 1.29 is 13.2 Å². The molecule has 1 amide bonds. The second kappa shape index (κ2) is 7.62. The quantitative estimate of drug-likeness (QED) is 0.871. The van der Waals surface area contributed by atoms with E-state index in [1.165, 1.54) is 12.1 Å². The molecule has 0 fully saturated rings. The van der Waals surface area contributed by atoms with Crippen molar-refractivity contribution in [3.63, 3.8) is 0 Å². The van der Waals surface area contributed by atoms with Crippen LogP contribution in [0.1, 0.15) is 30.5 Å². The van der Waals surface area contributed by atoms with Crippen molar-refractivity contribution in [2.45, 2.75) is 38.5 Å². The summed E-state index contributed by atoms with van der Waals surface area (Å²) < 4.78 is 24.8. The van der Waals surface area contributed by atoms with E-state index in [1.807, 2.05) is 39.0 Å². The first-order chi connectivity index (χ1) is 11.4. The summed E-state index contributed by atoms with van der Waals surface area (Å²) in [6, 6.07) is 12.4. The number of hydrogen-bond donors (Lipinski definition) is 1. The van der Waals surface area contributed by atoms with Crippen LogP contribution in [0.4, 0.5) is 5.69 Å². The van der Waals surface area contributed by atoms with Gasteiger partial charge in [0.1, 0.15) is 5.75 Å². The van der Waals surface area contributed by atoms with E-state index in [4.69, 9.17) is 0 Å². The summed E-state index contributed by atoms with van der Waals surface area (Å²) in [5.74, 6) is -1.07. The topological polar surface area (TPSA) is 63.2 Å². The van der Waals surface area contributed by atoms with Crippen LogP contribution in [0.5, 0.6) is 0 Å². The van der Waals surface area contributed by atoms with E-state index in [-0.39, 0.29) is 4.90 Å². The maximum absolute atomic E-state index is 12.4. The van der Waals surface area contributed by atoms with Crippen molar-refractivity contribution in [1.82, 2.24) is 0 Å². The Balaban J connectivity index is 2.21. The molecule has 0 atom stereocenters. The van der Waals surface area contributed by atoms with Gasteiger partial charge in [-0.15, -0.1) is 0 Å². The summed E-state index contributed by atoms with van der Waals surface area (Å²) in [5, 5.41) is 2.80. The summed E-state index contributed by atoms with van der Waals surface area (Å²) in [5.41, 5.74) is 3.74. The number of nitrogens with one attached hydrogen (secondary N) is 1. The first-order valence-corrected chi connectivity index (χ1v) is 9.72. The molecule has 128 valence electrons. The van der Waals surface area contributed by atoms with Gasteiger partial charge in [-0.2, -0.15) is 0 Å². The molecule has 5 heteroatoms. The molecule has 0 unspecified atom stereocenters. The van der Waals surface area contributed by atoms with Crippen molar-refractivity contribution in [2.75, 3.05) is 11.1 Å². The van der Waals surface area contributed by atoms with E-state index in [1.54, 1.807) is 12.1 Å². The van der Waals surface area contributed by atoms with Crippen molar-refractivity contribution >= 4 is 21.4 Å². The third kappa shape index (κ3) is 4.23. The first kappa shape index (κ1) is 18.2. The van der Waals surface area contributed by atoms with Gasteiger partial charge in [0.25, 0.3) is 0 Å². The van der Waals surface area contributed by atoms with E-state index < -0.39 is 21.5 Å². The lowest BCUT2D eigenvalue weighted by Gasteiger charge is -2.14. The maximum atomic E-state index is 12.4. The van der Waals surface area contributed by atoms with Gasteiger partial charge in [-0.05, 0) is 43.0 Å². The smallest absolute Gasteiger partial charge is 0.239 e. The molecule has 1 N–H and O–H groups in total. The van der Waals surface area contributed by atoms with Crippen molar-refractivity contribution in [2.24, 2.45) is 0 Å². The lowest BCUT2D eigenvalue weighted by atomic mass is 10.0. The van der Waals surface area contributed by atoms with Gasteiger partial charge in [-0.1, -0.05) is 49.7 Å². The molecule has 0 aromatic heterocycles. The molecule has 2 rings (SSSR count). The van der Waals surface area contributed by atoms with Crippen LogP contribution >= 0.6 is 0 Å². The molecule has 2 aromatic carbocycles. The normalized spacial score (nSPS) is 11.3. The molecular formula is C19H23NO3S. The molecule has 0 aliphatic rings. The second-order valence-electron chi connectivity index (χ2n) is 5.78. The van der Waals surface area contributed by atoms with Gasteiger partial charge in [0.2, 0.25) is 5.91 Å². The summed E-state index contributed by atoms with van der Waals surface area (Å²) in [7, 11) is -3.65. The number of amides is 1. The fourth-order valence-electron chi connectivity index (χ4n) is 2.58. The molecular weight excluding hydrogens is 322 g/mol. The standard InChI is InChI=1S/C19H23NO3S/c1-4-15-7-6-8-16(5-2)19(15)20-18(21)13-24(22,23)17-11-9-14(3)10-12-17/h6-12H,4-5,13H2,1-3H3,(H,20,21). The number of hydrogen-bond acceptors (Lipinski definition) is 3. The van der Waals surface area contributed by atoms with Crippen LogP contribution in [0.2, 0.25) is 0 Å². The van der Waals surface area contributed by atoms with E-state index >= 15 is 0 Å². The number of benzene rings is 2. The molecule has 0 aliphatic heterocycles. The molecule has 2 aromatic rings. The van der Waals surface area contributed by atoms with Crippen LogP contribution in [-0.2, 0) is 27.5 Å². The summed E-state index contributed by atoms with van der Waals surface area (Å²) in [4.78, 5) is 12.5. The third-order valence-corrected chi connectivity index (χ3v) is 5.60. The Kier molecular flexibility index (Phi) is 5.78. The van der Waals surface area contributed by atoms with Gasteiger partial charge >= 0.3 is 0 Å². The molecule has 0 heterocycles. The molecule has 0 bridgehead atoms. The fourth-order valence-corrected chi connectivity index (χ4v) is 3.71. The van der Waals surface area contributed by atoms with Crippen LogP contribution in [-0.4, -0.2) is 20.1 Å². The highest BCUT2D eigenvalue weighted by Gasteiger charge is 2.20. The van der Waals surface area contributed by atoms with E-state index in [9.17, 15) is 13.2 Å².